The zero-order chi connectivity index (χ0) is 10.9. The summed E-state index contributed by atoms with van der Waals surface area (Å²) in [6.45, 7) is 0.697. The van der Waals surface area contributed by atoms with Crippen molar-refractivity contribution in [1.29, 1.82) is 0 Å². The van der Waals surface area contributed by atoms with Gasteiger partial charge in [0.15, 0.2) is 0 Å². The molecule has 1 aromatic carbocycles. The molecule has 1 N–H and O–H groups in total. The Morgan fingerprint density at radius 3 is 2.33 bits per heavy atom. The Hall–Kier alpha value is -1.22. The Balaban J connectivity index is 2.07. The van der Waals surface area contributed by atoms with E-state index in [2.05, 4.69) is 0 Å². The number of phenolic OH excluding ortho intramolecular Hbond substituents is 1. The van der Waals surface area contributed by atoms with Gasteiger partial charge < -0.3 is 9.84 Å². The number of ether oxygens (including phenoxy) is 1. The van der Waals surface area contributed by atoms with Crippen LogP contribution < -0.4 is 4.74 Å². The second kappa shape index (κ2) is 7.12. The molecule has 3 nitrogen and oxygen atoms in total. The van der Waals surface area contributed by atoms with E-state index in [1.165, 1.54) is 0 Å². The van der Waals surface area contributed by atoms with Crippen molar-refractivity contribution < 1.29 is 14.9 Å². The minimum atomic E-state index is 0.0266. The summed E-state index contributed by atoms with van der Waals surface area (Å²) in [4.78, 5) is 0. The maximum atomic E-state index is 10.2. The van der Waals surface area contributed by atoms with Crippen molar-refractivity contribution in [2.24, 2.45) is 0 Å². The second-order valence-electron chi connectivity index (χ2n) is 3.46. The quantitative estimate of drug-likeness (QED) is 0.702. The Morgan fingerprint density at radius 2 is 1.67 bits per heavy atom. The summed E-state index contributed by atoms with van der Waals surface area (Å²) in [6.07, 6.45) is 3.77. The predicted octanol–water partition coefficient (Wildman–Crippen LogP) is 2.76. The normalized spacial score (nSPS) is 10.2. The lowest BCUT2D eigenvalue weighted by atomic mass is 10.2. The van der Waals surface area contributed by atoms with Crippen LogP contribution in [0.4, 0.5) is 0 Å². The van der Waals surface area contributed by atoms with Gasteiger partial charge in [-0.2, -0.15) is 0 Å². The molecule has 0 heterocycles. The lowest BCUT2D eigenvalue weighted by molar-refractivity contribution is 0.185. The molecule has 0 saturated carbocycles. The van der Waals surface area contributed by atoms with Crippen molar-refractivity contribution >= 4 is 0 Å². The third-order valence-electron chi connectivity index (χ3n) is 2.14. The molecule has 3 heteroatoms. The van der Waals surface area contributed by atoms with E-state index in [0.717, 1.165) is 31.4 Å². The number of aromatic hydroxyl groups is 1. The number of benzene rings is 1. The van der Waals surface area contributed by atoms with Crippen molar-refractivity contribution in [3.63, 3.8) is 0 Å². The van der Waals surface area contributed by atoms with E-state index in [4.69, 9.17) is 9.84 Å². The Kier molecular flexibility index (Phi) is 5.63. The zero-order valence-electron chi connectivity index (χ0n) is 8.82. The molecule has 0 unspecified atom stereocenters. The zero-order valence-corrected chi connectivity index (χ0v) is 8.82. The van der Waals surface area contributed by atoms with Gasteiger partial charge in [-0.25, -0.2) is 5.11 Å². The summed E-state index contributed by atoms with van der Waals surface area (Å²) in [5.41, 5.74) is 0. The van der Waals surface area contributed by atoms with Gasteiger partial charge in [0.25, 0.3) is 0 Å². The van der Waals surface area contributed by atoms with Crippen LogP contribution in [0.5, 0.6) is 11.5 Å². The number of phenols is 1. The molecular formula is C12H17O3. The molecule has 0 amide bonds. The first-order valence-corrected chi connectivity index (χ1v) is 5.33. The molecule has 1 aromatic rings. The molecule has 1 radical (unpaired) electrons. The van der Waals surface area contributed by atoms with Gasteiger partial charge in [-0.1, -0.05) is 6.42 Å². The third-order valence-corrected chi connectivity index (χ3v) is 2.14. The number of unbranched alkanes of at least 4 members (excludes halogenated alkanes) is 3. The van der Waals surface area contributed by atoms with Crippen molar-refractivity contribution in [1.82, 2.24) is 0 Å². The lowest BCUT2D eigenvalue weighted by Gasteiger charge is -2.05. The van der Waals surface area contributed by atoms with Crippen molar-refractivity contribution in [3.05, 3.63) is 24.3 Å². The van der Waals surface area contributed by atoms with Gasteiger partial charge in [-0.15, -0.1) is 0 Å². The summed E-state index contributed by atoms with van der Waals surface area (Å²) in [5, 5.41) is 19.2. The van der Waals surface area contributed by atoms with Crippen LogP contribution in [0.3, 0.4) is 0 Å². The fraction of sp³-hybridized carbons (Fsp3) is 0.500. The van der Waals surface area contributed by atoms with E-state index in [0.29, 0.717) is 6.61 Å². The first-order chi connectivity index (χ1) is 7.33. The van der Waals surface area contributed by atoms with Crippen LogP contribution in [0.2, 0.25) is 0 Å². The van der Waals surface area contributed by atoms with Gasteiger partial charge in [-0.05, 0) is 43.5 Å². The highest BCUT2D eigenvalue weighted by Gasteiger charge is 1.94. The van der Waals surface area contributed by atoms with E-state index in [1.807, 2.05) is 0 Å². The van der Waals surface area contributed by atoms with E-state index in [-0.39, 0.29) is 12.4 Å². The summed E-state index contributed by atoms with van der Waals surface area (Å²) in [5.74, 6) is 1.02. The highest BCUT2D eigenvalue weighted by molar-refractivity contribution is 5.29. The van der Waals surface area contributed by atoms with Crippen LogP contribution >= 0.6 is 0 Å². The van der Waals surface area contributed by atoms with Gasteiger partial charge in [0.05, 0.1) is 13.2 Å². The topological polar surface area (TPSA) is 49.4 Å². The van der Waals surface area contributed by atoms with Gasteiger partial charge in [-0.3, -0.25) is 0 Å². The highest BCUT2D eigenvalue weighted by atomic mass is 16.5. The maximum absolute atomic E-state index is 10.2. The van der Waals surface area contributed by atoms with E-state index in [9.17, 15) is 5.11 Å². The average molecular weight is 209 g/mol. The molecular weight excluding hydrogens is 192 g/mol. The van der Waals surface area contributed by atoms with E-state index < -0.39 is 0 Å². The van der Waals surface area contributed by atoms with Gasteiger partial charge in [0, 0.05) is 0 Å². The fourth-order valence-electron chi connectivity index (χ4n) is 1.29. The number of hydrogen-bond donors (Lipinski definition) is 1. The molecule has 0 aromatic heterocycles. The first kappa shape index (κ1) is 11.9. The molecule has 0 atom stereocenters. The summed E-state index contributed by atoms with van der Waals surface area (Å²) >= 11 is 0. The SMILES string of the molecule is [O]CCCCCCOc1ccc(O)cc1. The van der Waals surface area contributed by atoms with Crippen molar-refractivity contribution in [2.45, 2.75) is 25.7 Å². The van der Waals surface area contributed by atoms with E-state index in [1.54, 1.807) is 24.3 Å². The average Bonchev–Trinajstić information content (AvgIpc) is 2.26. The van der Waals surface area contributed by atoms with E-state index >= 15 is 0 Å². The molecule has 0 spiro atoms. The maximum Gasteiger partial charge on any atom is 0.119 e. The van der Waals surface area contributed by atoms with Crippen LogP contribution in [-0.4, -0.2) is 18.3 Å². The van der Waals surface area contributed by atoms with Crippen LogP contribution in [0.15, 0.2) is 24.3 Å². The molecule has 0 bridgehead atoms. The smallest absolute Gasteiger partial charge is 0.119 e. The van der Waals surface area contributed by atoms with Crippen molar-refractivity contribution in [2.75, 3.05) is 13.2 Å². The molecule has 0 saturated heterocycles. The van der Waals surface area contributed by atoms with Crippen LogP contribution in [0.1, 0.15) is 25.7 Å². The molecule has 15 heavy (non-hydrogen) atoms. The standard InChI is InChI=1S/C12H17O3/c13-9-3-1-2-4-10-15-12-7-5-11(14)6-8-12/h5-8,14H,1-4,9-10H2. The largest absolute Gasteiger partial charge is 0.508 e. The monoisotopic (exact) mass is 209 g/mol. The lowest BCUT2D eigenvalue weighted by Crippen LogP contribution is -1.97. The molecule has 1 rings (SSSR count). The fourth-order valence-corrected chi connectivity index (χ4v) is 1.29. The molecule has 0 fully saturated rings. The van der Waals surface area contributed by atoms with Gasteiger partial charge >= 0.3 is 0 Å². The minimum Gasteiger partial charge on any atom is -0.508 e. The summed E-state index contributed by atoms with van der Waals surface area (Å²) < 4.78 is 5.45. The summed E-state index contributed by atoms with van der Waals surface area (Å²) in [7, 11) is 0. The van der Waals surface area contributed by atoms with Crippen LogP contribution in [0, 0.1) is 0 Å². The van der Waals surface area contributed by atoms with Crippen molar-refractivity contribution in [3.8, 4) is 11.5 Å². The Bertz CT molecular complexity index is 256. The van der Waals surface area contributed by atoms with Crippen LogP contribution in [0.25, 0.3) is 0 Å². The molecule has 0 aliphatic carbocycles. The van der Waals surface area contributed by atoms with Crippen LogP contribution in [-0.2, 0) is 5.11 Å². The predicted molar refractivity (Wildman–Crippen MR) is 57.6 cm³/mol. The Labute approximate surface area is 90.3 Å². The third kappa shape index (κ3) is 5.27. The van der Waals surface area contributed by atoms with Gasteiger partial charge in [0.2, 0.25) is 0 Å². The Morgan fingerprint density at radius 1 is 1.00 bits per heavy atom. The number of rotatable bonds is 7. The molecule has 83 valence electrons. The first-order valence-electron chi connectivity index (χ1n) is 5.33. The van der Waals surface area contributed by atoms with Gasteiger partial charge in [0.1, 0.15) is 11.5 Å². The molecule has 0 aliphatic rings. The number of hydrogen-bond acceptors (Lipinski definition) is 2. The minimum absolute atomic E-state index is 0.0266. The molecule has 0 aliphatic heterocycles. The highest BCUT2D eigenvalue weighted by Crippen LogP contribution is 2.16. The second-order valence-corrected chi connectivity index (χ2v) is 3.46. The summed E-state index contributed by atoms with van der Waals surface area (Å²) in [6, 6.07) is 6.69.